The lowest BCUT2D eigenvalue weighted by Crippen LogP contribution is -2.35. The predicted molar refractivity (Wildman–Crippen MR) is 105 cm³/mol. The monoisotopic (exact) mass is 449 g/mol. The molecule has 2 aromatic rings. The van der Waals surface area contributed by atoms with E-state index in [0.717, 1.165) is 17.4 Å². The first-order valence-corrected chi connectivity index (χ1v) is 10.9. The highest BCUT2D eigenvalue weighted by molar-refractivity contribution is 7.91. The topological polar surface area (TPSA) is 93.0 Å². The molecule has 1 aromatic carbocycles. The van der Waals surface area contributed by atoms with Crippen molar-refractivity contribution in [1.82, 2.24) is 4.31 Å². The van der Waals surface area contributed by atoms with E-state index in [-0.39, 0.29) is 41.0 Å². The highest BCUT2D eigenvalue weighted by Gasteiger charge is 2.30. The summed E-state index contributed by atoms with van der Waals surface area (Å²) in [6.07, 6.45) is 0.454. The predicted octanol–water partition coefficient (Wildman–Crippen LogP) is 3.36. The molecule has 2 heterocycles. The van der Waals surface area contributed by atoms with Crippen molar-refractivity contribution in [3.8, 4) is 5.75 Å². The van der Waals surface area contributed by atoms with Crippen molar-refractivity contribution < 1.29 is 22.5 Å². The van der Waals surface area contributed by atoms with Crippen molar-refractivity contribution in [2.45, 2.75) is 10.6 Å². The van der Waals surface area contributed by atoms with Crippen LogP contribution < -0.4 is 9.64 Å². The van der Waals surface area contributed by atoms with E-state index in [4.69, 9.17) is 16.3 Å². The summed E-state index contributed by atoms with van der Waals surface area (Å²) in [7, 11) is -2.42. The maximum Gasteiger partial charge on any atom is 0.295 e. The van der Waals surface area contributed by atoms with Gasteiger partial charge >= 0.3 is 0 Å². The number of hydrogen-bond acceptors (Lipinski definition) is 7. The third-order valence-corrected chi connectivity index (χ3v) is 7.98. The molecule has 0 spiro atoms. The second-order valence-electron chi connectivity index (χ2n) is 6.04. The van der Waals surface area contributed by atoms with Gasteiger partial charge in [0.1, 0.15) is 9.90 Å². The van der Waals surface area contributed by atoms with Crippen LogP contribution in [0.3, 0.4) is 0 Å². The first-order chi connectivity index (χ1) is 13.2. The van der Waals surface area contributed by atoms with Gasteiger partial charge in [-0.2, -0.15) is 4.31 Å². The van der Waals surface area contributed by atoms with Crippen LogP contribution in [0.1, 0.15) is 6.42 Å². The molecule has 0 aliphatic carbocycles. The minimum Gasteiger partial charge on any atom is -0.494 e. The average Bonchev–Trinajstić information content (AvgIpc) is 2.94. The Hall–Kier alpha value is -1.95. The maximum absolute atomic E-state index is 13.9. The number of nitrogens with zero attached hydrogens (tertiary/aromatic N) is 3. The van der Waals surface area contributed by atoms with Gasteiger partial charge in [-0.05, 0) is 18.6 Å². The summed E-state index contributed by atoms with van der Waals surface area (Å²) in [6, 6.07) is 5.08. The second kappa shape index (κ2) is 8.19. The molecule has 28 heavy (non-hydrogen) atoms. The number of methoxy groups -OCH3 is 1. The second-order valence-corrected chi connectivity index (χ2v) is 9.92. The molecule has 0 bridgehead atoms. The van der Waals surface area contributed by atoms with Gasteiger partial charge in [-0.1, -0.05) is 11.6 Å². The first-order valence-electron chi connectivity index (χ1n) is 8.26. The Balaban J connectivity index is 1.87. The van der Waals surface area contributed by atoms with Crippen molar-refractivity contribution in [2.24, 2.45) is 0 Å². The van der Waals surface area contributed by atoms with Gasteiger partial charge in [0, 0.05) is 32.2 Å². The molecule has 1 saturated heterocycles. The number of sulfonamides is 1. The lowest BCUT2D eigenvalue weighted by Gasteiger charge is -2.23. The number of rotatable bonds is 5. The van der Waals surface area contributed by atoms with Gasteiger partial charge in [-0.3, -0.25) is 10.1 Å². The summed E-state index contributed by atoms with van der Waals surface area (Å²) in [5, 5.41) is 11.4. The van der Waals surface area contributed by atoms with Gasteiger partial charge in [0.25, 0.3) is 15.7 Å². The van der Waals surface area contributed by atoms with Crippen LogP contribution in [0.4, 0.5) is 15.8 Å². The normalized spacial score (nSPS) is 16.0. The van der Waals surface area contributed by atoms with E-state index < -0.39 is 20.8 Å². The molecule has 0 radical (unpaired) electrons. The van der Waals surface area contributed by atoms with Crippen LogP contribution >= 0.6 is 22.9 Å². The molecule has 0 atom stereocenters. The van der Waals surface area contributed by atoms with Crippen molar-refractivity contribution in [1.29, 1.82) is 0 Å². The fourth-order valence-corrected chi connectivity index (χ4v) is 6.13. The van der Waals surface area contributed by atoms with Gasteiger partial charge in [0.2, 0.25) is 0 Å². The Bertz CT molecular complexity index is 998. The number of nitro benzene ring substituents is 1. The Morgan fingerprint density at radius 3 is 2.61 bits per heavy atom. The number of ether oxygens (including phenoxy) is 1. The Labute approximate surface area is 170 Å². The zero-order valence-electron chi connectivity index (χ0n) is 14.8. The molecule has 8 nitrogen and oxygen atoms in total. The minimum atomic E-state index is -3.69. The zero-order valence-corrected chi connectivity index (χ0v) is 17.2. The largest absolute Gasteiger partial charge is 0.494 e. The van der Waals surface area contributed by atoms with Crippen LogP contribution in [-0.4, -0.2) is 50.9 Å². The van der Waals surface area contributed by atoms with E-state index in [1.165, 1.54) is 29.6 Å². The molecule has 1 aromatic heterocycles. The fourth-order valence-electron chi connectivity index (χ4n) is 3.03. The lowest BCUT2D eigenvalue weighted by molar-refractivity contribution is -0.384. The highest BCUT2D eigenvalue weighted by Crippen LogP contribution is 2.35. The molecular weight excluding hydrogens is 433 g/mol. The molecule has 152 valence electrons. The van der Waals surface area contributed by atoms with Crippen LogP contribution in [0, 0.1) is 15.9 Å². The highest BCUT2D eigenvalue weighted by atomic mass is 35.5. The van der Waals surface area contributed by atoms with E-state index in [9.17, 15) is 22.9 Å². The first kappa shape index (κ1) is 20.8. The Morgan fingerprint density at radius 1 is 1.25 bits per heavy atom. The van der Waals surface area contributed by atoms with Crippen LogP contribution in [0.5, 0.6) is 5.75 Å². The molecular formula is C16H17ClFN3O5S2. The minimum absolute atomic E-state index is 0.109. The summed E-state index contributed by atoms with van der Waals surface area (Å²) in [6.45, 7) is 0.996. The summed E-state index contributed by atoms with van der Waals surface area (Å²) < 4.78 is 46.3. The molecule has 0 unspecified atom stereocenters. The lowest BCUT2D eigenvalue weighted by atomic mass is 10.2. The number of anilines is 1. The maximum atomic E-state index is 13.9. The number of halogens is 2. The van der Waals surface area contributed by atoms with Crippen molar-refractivity contribution in [2.75, 3.05) is 38.2 Å². The van der Waals surface area contributed by atoms with Crippen molar-refractivity contribution >= 4 is 44.3 Å². The van der Waals surface area contributed by atoms with Crippen molar-refractivity contribution in [3.05, 3.63) is 44.5 Å². The molecule has 1 aliphatic heterocycles. The molecule has 0 saturated carbocycles. The molecule has 0 amide bonds. The number of hydrogen-bond donors (Lipinski definition) is 0. The van der Waals surface area contributed by atoms with Crippen LogP contribution in [0.25, 0.3) is 0 Å². The molecule has 0 N–H and O–H groups in total. The average molecular weight is 450 g/mol. The smallest absolute Gasteiger partial charge is 0.295 e. The van der Waals surface area contributed by atoms with Gasteiger partial charge in [0.05, 0.1) is 22.4 Å². The van der Waals surface area contributed by atoms with Gasteiger partial charge in [-0.15, -0.1) is 11.3 Å². The summed E-state index contributed by atoms with van der Waals surface area (Å²) in [5.41, 5.74) is -0.193. The van der Waals surface area contributed by atoms with E-state index in [0.29, 0.717) is 17.3 Å². The van der Waals surface area contributed by atoms with Gasteiger partial charge in [-0.25, -0.2) is 12.8 Å². The van der Waals surface area contributed by atoms with Crippen molar-refractivity contribution in [3.63, 3.8) is 0 Å². The fraction of sp³-hybridized carbons (Fsp3) is 0.375. The zero-order chi connectivity index (χ0) is 20.5. The molecule has 3 rings (SSSR count). The SMILES string of the molecule is COc1cc(N2CCCN(S(=O)(=O)c3ccc(Cl)s3)CC2)c([N+](=O)[O-])cc1F. The van der Waals surface area contributed by atoms with Crippen LogP contribution in [0.2, 0.25) is 4.34 Å². The van der Waals surface area contributed by atoms with Gasteiger partial charge < -0.3 is 9.64 Å². The Morgan fingerprint density at radius 2 is 2.00 bits per heavy atom. The van der Waals surface area contributed by atoms with Crippen LogP contribution in [0.15, 0.2) is 28.5 Å². The number of thiophene rings is 1. The third-order valence-electron chi connectivity index (χ3n) is 4.38. The van der Waals surface area contributed by atoms with Crippen LogP contribution in [-0.2, 0) is 10.0 Å². The number of nitro groups is 1. The van der Waals surface area contributed by atoms with E-state index >= 15 is 0 Å². The quantitative estimate of drug-likeness (QED) is 0.513. The summed E-state index contributed by atoms with van der Waals surface area (Å²) >= 11 is 6.83. The molecule has 1 fully saturated rings. The molecule has 1 aliphatic rings. The Kier molecular flexibility index (Phi) is 6.08. The third kappa shape index (κ3) is 4.07. The van der Waals surface area contributed by atoms with E-state index in [1.54, 1.807) is 4.90 Å². The van der Waals surface area contributed by atoms with E-state index in [2.05, 4.69) is 0 Å². The standard InChI is InChI=1S/C16H17ClFN3O5S2/c1-26-14-10-12(13(21(22)23)9-11(14)18)19-5-2-6-20(8-7-19)28(24,25)16-4-3-15(17)27-16/h3-4,9-10H,2,5-8H2,1H3. The summed E-state index contributed by atoms with van der Waals surface area (Å²) in [5.74, 6) is -0.936. The van der Waals surface area contributed by atoms with Gasteiger partial charge in [0.15, 0.2) is 11.6 Å². The summed E-state index contributed by atoms with van der Waals surface area (Å²) in [4.78, 5) is 12.4. The molecule has 12 heteroatoms. The number of benzene rings is 1. The van der Waals surface area contributed by atoms with E-state index in [1.807, 2.05) is 0 Å².